The van der Waals surface area contributed by atoms with Crippen molar-refractivity contribution >= 4 is 16.1 Å². The maximum absolute atomic E-state index is 13.0. The van der Waals surface area contributed by atoms with E-state index in [0.717, 1.165) is 24.1 Å². The summed E-state index contributed by atoms with van der Waals surface area (Å²) in [4.78, 5) is 11.7. The van der Waals surface area contributed by atoms with Crippen molar-refractivity contribution in [2.24, 2.45) is 0 Å². The molecule has 1 aromatic carbocycles. The molecule has 0 bridgehead atoms. The summed E-state index contributed by atoms with van der Waals surface area (Å²) in [5.74, 6) is 0.0669. The average molecular weight is 360 g/mol. The molecule has 2 heterocycles. The predicted molar refractivity (Wildman–Crippen MR) is 92.0 cm³/mol. The first-order valence-corrected chi connectivity index (χ1v) is 9.78. The molecule has 1 aliphatic heterocycles. The van der Waals surface area contributed by atoms with Gasteiger partial charge in [-0.25, -0.2) is 17.2 Å². The Labute approximate surface area is 146 Å². The van der Waals surface area contributed by atoms with Crippen molar-refractivity contribution < 1.29 is 17.9 Å². The van der Waals surface area contributed by atoms with Gasteiger partial charge in [0.1, 0.15) is 6.61 Å². The van der Waals surface area contributed by atoms with Gasteiger partial charge in [0.2, 0.25) is 0 Å². The normalized spacial score (nSPS) is 26.0. The van der Waals surface area contributed by atoms with Crippen molar-refractivity contribution in [3.8, 4) is 0 Å². The van der Waals surface area contributed by atoms with E-state index in [-0.39, 0.29) is 22.4 Å². The molecule has 1 amide bonds. The Morgan fingerprint density at radius 1 is 1.24 bits per heavy atom. The highest BCUT2D eigenvalue weighted by molar-refractivity contribution is 7.90. The van der Waals surface area contributed by atoms with E-state index < -0.39 is 10.0 Å². The molecule has 2 aromatic rings. The summed E-state index contributed by atoms with van der Waals surface area (Å²) in [7, 11) is -3.63. The van der Waals surface area contributed by atoms with Gasteiger partial charge in [0.25, 0.3) is 10.0 Å². The van der Waals surface area contributed by atoms with Crippen molar-refractivity contribution in [2.75, 3.05) is 6.61 Å². The number of cyclic esters (lactones) is 1. The van der Waals surface area contributed by atoms with E-state index in [1.165, 1.54) is 3.97 Å². The third kappa shape index (κ3) is 2.72. The highest BCUT2D eigenvalue weighted by atomic mass is 32.2. The number of alkyl carbamates (subject to hydrolysis) is 1. The highest BCUT2D eigenvalue weighted by Gasteiger charge is 2.46. The van der Waals surface area contributed by atoms with Crippen LogP contribution in [-0.4, -0.2) is 30.6 Å². The number of nitrogens with one attached hydrogen (secondary N) is 1. The zero-order valence-corrected chi connectivity index (χ0v) is 14.8. The van der Waals surface area contributed by atoms with Crippen molar-refractivity contribution in [2.45, 2.75) is 42.5 Å². The first-order chi connectivity index (χ1) is 11.9. The van der Waals surface area contributed by atoms with Crippen LogP contribution in [0.5, 0.6) is 0 Å². The van der Waals surface area contributed by atoms with Gasteiger partial charge in [-0.15, -0.1) is 0 Å². The monoisotopic (exact) mass is 360 g/mol. The fourth-order valence-electron chi connectivity index (χ4n) is 3.85. The van der Waals surface area contributed by atoms with Gasteiger partial charge in [-0.05, 0) is 50.5 Å². The molecule has 1 saturated heterocycles. The lowest BCUT2D eigenvalue weighted by molar-refractivity contribution is 0.172. The molecule has 1 aromatic heterocycles. The maximum Gasteiger partial charge on any atom is 0.407 e. The molecule has 1 N–H and O–H groups in total. The summed E-state index contributed by atoms with van der Waals surface area (Å²) in [6.45, 7) is 2.28. The second kappa shape index (κ2) is 5.62. The summed E-state index contributed by atoms with van der Waals surface area (Å²) in [6, 6.07) is 10.5. The Morgan fingerprint density at radius 2 is 2.00 bits per heavy atom. The number of nitrogens with zero attached hydrogens (tertiary/aromatic N) is 1. The van der Waals surface area contributed by atoms with Gasteiger partial charge < -0.3 is 10.1 Å². The molecule has 1 saturated carbocycles. The number of rotatable bonds is 3. The van der Waals surface area contributed by atoms with Crippen molar-refractivity contribution in [1.29, 1.82) is 0 Å². The topological polar surface area (TPSA) is 77.4 Å². The lowest BCUT2D eigenvalue weighted by Gasteiger charge is -2.20. The van der Waals surface area contributed by atoms with E-state index in [4.69, 9.17) is 4.74 Å². The zero-order chi connectivity index (χ0) is 17.7. The van der Waals surface area contributed by atoms with Crippen molar-refractivity contribution in [1.82, 2.24) is 9.29 Å². The van der Waals surface area contributed by atoms with E-state index >= 15 is 0 Å². The molecule has 4 rings (SSSR count). The van der Waals surface area contributed by atoms with Gasteiger partial charge in [-0.1, -0.05) is 17.7 Å². The Hall–Kier alpha value is -2.28. The Kier molecular flexibility index (Phi) is 3.64. The minimum Gasteiger partial charge on any atom is -0.447 e. The van der Waals surface area contributed by atoms with Crippen LogP contribution >= 0.6 is 0 Å². The van der Waals surface area contributed by atoms with E-state index in [9.17, 15) is 13.2 Å². The van der Waals surface area contributed by atoms with Crippen LogP contribution in [0.25, 0.3) is 0 Å². The molecule has 1 aliphatic carbocycles. The van der Waals surface area contributed by atoms with E-state index in [1.807, 2.05) is 13.0 Å². The van der Waals surface area contributed by atoms with Crippen molar-refractivity contribution in [3.63, 3.8) is 0 Å². The summed E-state index contributed by atoms with van der Waals surface area (Å²) in [6.07, 6.45) is 3.50. The number of ether oxygens (including phenoxy) is 1. The number of aryl methyl sites for hydroxylation is 1. The quantitative estimate of drug-likeness (QED) is 0.913. The fourth-order valence-corrected chi connectivity index (χ4v) is 5.28. The molecular formula is C18H20N2O4S. The molecular weight excluding hydrogens is 340 g/mol. The van der Waals surface area contributed by atoms with Gasteiger partial charge in [0.05, 0.1) is 10.4 Å². The van der Waals surface area contributed by atoms with Crippen molar-refractivity contribution in [3.05, 3.63) is 53.9 Å². The molecule has 132 valence electrons. The van der Waals surface area contributed by atoms with Gasteiger partial charge in [0.15, 0.2) is 0 Å². The summed E-state index contributed by atoms with van der Waals surface area (Å²) < 4.78 is 32.5. The van der Waals surface area contributed by atoms with E-state index in [0.29, 0.717) is 13.0 Å². The number of hydrogen-bond acceptors (Lipinski definition) is 4. The standard InChI is InChI=1S/C18H20N2O4S/c1-13-4-6-15(7-5-13)25(22,23)20-10-2-3-16(20)14-8-9-18(11-14)12-24-17(21)19-18/h2-7,10,14H,8-9,11-12H2,1H3,(H,19,21)/t14-,18+/m0/s1. The summed E-state index contributed by atoms with van der Waals surface area (Å²) in [5, 5.41) is 2.90. The van der Waals surface area contributed by atoms with Gasteiger partial charge in [0, 0.05) is 17.8 Å². The molecule has 25 heavy (non-hydrogen) atoms. The lowest BCUT2D eigenvalue weighted by Crippen LogP contribution is -2.40. The molecule has 2 fully saturated rings. The minimum absolute atomic E-state index is 0.0669. The molecule has 7 heteroatoms. The fraction of sp³-hybridized carbons (Fsp3) is 0.389. The highest BCUT2D eigenvalue weighted by Crippen LogP contribution is 2.43. The number of carbonyl (C=O) groups is 1. The number of hydrogen-bond donors (Lipinski definition) is 1. The minimum atomic E-state index is -3.63. The largest absolute Gasteiger partial charge is 0.447 e. The van der Waals surface area contributed by atoms with Crippen LogP contribution in [0.2, 0.25) is 0 Å². The number of amides is 1. The number of aromatic nitrogens is 1. The Morgan fingerprint density at radius 3 is 2.68 bits per heavy atom. The average Bonchev–Trinajstić information content (AvgIpc) is 3.29. The van der Waals surface area contributed by atoms with Gasteiger partial charge in [-0.2, -0.15) is 0 Å². The summed E-state index contributed by atoms with van der Waals surface area (Å²) >= 11 is 0. The second-order valence-corrected chi connectivity index (χ2v) is 8.78. The van der Waals surface area contributed by atoms with Crippen LogP contribution < -0.4 is 5.32 Å². The van der Waals surface area contributed by atoms with Crippen LogP contribution in [-0.2, 0) is 14.8 Å². The SMILES string of the molecule is Cc1ccc(S(=O)(=O)n2cccc2[C@H]2CC[C@]3(COC(=O)N3)C2)cc1. The van der Waals surface area contributed by atoms with E-state index in [2.05, 4.69) is 5.32 Å². The first kappa shape index (κ1) is 16.2. The first-order valence-electron chi connectivity index (χ1n) is 8.34. The van der Waals surface area contributed by atoms with Crippen LogP contribution in [0.4, 0.5) is 4.79 Å². The Bertz CT molecular complexity index is 917. The smallest absolute Gasteiger partial charge is 0.407 e. The van der Waals surface area contributed by atoms with Gasteiger partial charge >= 0.3 is 6.09 Å². The number of carbonyl (C=O) groups excluding carboxylic acids is 1. The predicted octanol–water partition coefficient (Wildman–Crippen LogP) is 2.78. The molecule has 2 atom stereocenters. The third-order valence-corrected chi connectivity index (χ3v) is 6.91. The van der Waals surface area contributed by atoms with Crippen LogP contribution in [0.3, 0.4) is 0 Å². The molecule has 1 spiro atoms. The van der Waals surface area contributed by atoms with Gasteiger partial charge in [-0.3, -0.25) is 0 Å². The molecule has 0 unspecified atom stereocenters. The molecule has 6 nitrogen and oxygen atoms in total. The molecule has 0 radical (unpaired) electrons. The van der Waals surface area contributed by atoms with Crippen LogP contribution in [0.1, 0.15) is 36.4 Å². The summed E-state index contributed by atoms with van der Waals surface area (Å²) in [5.41, 5.74) is 1.42. The number of benzene rings is 1. The Balaban J connectivity index is 1.65. The molecule has 2 aliphatic rings. The third-order valence-electron chi connectivity index (χ3n) is 5.19. The van der Waals surface area contributed by atoms with Crippen LogP contribution in [0, 0.1) is 6.92 Å². The second-order valence-electron chi connectivity index (χ2n) is 6.97. The van der Waals surface area contributed by atoms with E-state index in [1.54, 1.807) is 36.5 Å². The lowest BCUT2D eigenvalue weighted by atomic mass is 9.96. The zero-order valence-electron chi connectivity index (χ0n) is 13.9. The van der Waals surface area contributed by atoms with Crippen LogP contribution in [0.15, 0.2) is 47.5 Å². The maximum atomic E-state index is 13.0.